The summed E-state index contributed by atoms with van der Waals surface area (Å²) in [5.74, 6) is 0.949. The van der Waals surface area contributed by atoms with Crippen molar-refractivity contribution >= 4 is 21.6 Å². The summed E-state index contributed by atoms with van der Waals surface area (Å²) in [4.78, 5) is 12.9. The van der Waals surface area contributed by atoms with Gasteiger partial charge in [0.2, 0.25) is 15.9 Å². The number of carbonyl (C=O) groups excluding carboxylic acids is 1. The highest BCUT2D eigenvalue weighted by molar-refractivity contribution is 7.92. The molecule has 2 aromatic rings. The highest BCUT2D eigenvalue weighted by Crippen LogP contribution is 2.41. The van der Waals surface area contributed by atoms with Crippen LogP contribution in [-0.4, -0.2) is 39.8 Å². The number of carbonyl (C=O) groups is 1. The molecule has 1 aliphatic heterocycles. The molecule has 30 heavy (non-hydrogen) atoms. The van der Waals surface area contributed by atoms with Crippen LogP contribution >= 0.6 is 0 Å². The molecule has 0 spiro atoms. The summed E-state index contributed by atoms with van der Waals surface area (Å²) in [6.45, 7) is 5.42. The molecule has 1 N–H and O–H groups in total. The van der Waals surface area contributed by atoms with Crippen LogP contribution in [0.3, 0.4) is 0 Å². The smallest absolute Gasteiger partial charge is 0.241 e. The minimum absolute atomic E-state index is 0.305. The van der Waals surface area contributed by atoms with Crippen molar-refractivity contribution in [1.29, 1.82) is 0 Å². The number of sulfonamides is 1. The Morgan fingerprint density at radius 1 is 1.27 bits per heavy atom. The van der Waals surface area contributed by atoms with Crippen LogP contribution in [0.1, 0.15) is 37.4 Å². The first-order valence-electron chi connectivity index (χ1n) is 9.70. The summed E-state index contributed by atoms with van der Waals surface area (Å²) in [6, 6.07) is 12.2. The molecule has 1 aliphatic rings. The zero-order chi connectivity index (χ0) is 22.1. The Hall–Kier alpha value is -2.74. The van der Waals surface area contributed by atoms with E-state index in [1.807, 2.05) is 51.1 Å². The lowest BCUT2D eigenvalue weighted by Crippen LogP contribution is -2.45. The normalized spacial score (nSPS) is 17.4. The lowest BCUT2D eigenvalue weighted by atomic mass is 9.89. The Bertz CT molecular complexity index is 1050. The Kier molecular flexibility index (Phi) is 5.99. The van der Waals surface area contributed by atoms with Gasteiger partial charge in [0, 0.05) is 12.0 Å². The van der Waals surface area contributed by atoms with Gasteiger partial charge in [-0.25, -0.2) is 8.42 Å². The highest BCUT2D eigenvalue weighted by atomic mass is 32.2. The maximum Gasteiger partial charge on any atom is 0.241 e. The maximum atomic E-state index is 12.9. The van der Waals surface area contributed by atoms with E-state index in [4.69, 9.17) is 9.47 Å². The first-order valence-corrected chi connectivity index (χ1v) is 11.5. The Morgan fingerprint density at radius 3 is 2.60 bits per heavy atom. The van der Waals surface area contributed by atoms with E-state index in [1.165, 1.54) is 0 Å². The lowest BCUT2D eigenvalue weighted by Gasteiger charge is -2.38. The van der Waals surface area contributed by atoms with Crippen molar-refractivity contribution in [1.82, 2.24) is 5.32 Å². The molecule has 1 heterocycles. The van der Waals surface area contributed by atoms with Crippen molar-refractivity contribution in [3.05, 3.63) is 53.6 Å². The third kappa shape index (κ3) is 4.87. The van der Waals surface area contributed by atoms with Crippen LogP contribution in [0.4, 0.5) is 5.69 Å². The number of nitrogens with one attached hydrogen (secondary N) is 1. The number of nitrogens with zero attached hydrogens (tertiary/aromatic N) is 1. The fourth-order valence-electron chi connectivity index (χ4n) is 3.68. The van der Waals surface area contributed by atoms with Crippen LogP contribution in [0.2, 0.25) is 0 Å². The third-order valence-electron chi connectivity index (χ3n) is 5.08. The van der Waals surface area contributed by atoms with Crippen molar-refractivity contribution in [2.24, 2.45) is 0 Å². The molecule has 7 nitrogen and oxygen atoms in total. The number of methoxy groups -OCH3 is 1. The number of aryl methyl sites for hydroxylation is 1. The fraction of sp³-hybridized carbons (Fsp3) is 0.409. The fourth-order valence-corrected chi connectivity index (χ4v) is 4.60. The number of benzene rings is 2. The zero-order valence-electron chi connectivity index (χ0n) is 17.9. The molecule has 0 unspecified atom stereocenters. The van der Waals surface area contributed by atoms with Crippen LogP contribution in [-0.2, 0) is 14.8 Å². The minimum atomic E-state index is -3.64. The Balaban J connectivity index is 1.87. The molecule has 0 fully saturated rings. The van der Waals surface area contributed by atoms with Crippen molar-refractivity contribution in [2.45, 2.75) is 38.8 Å². The molecule has 0 saturated heterocycles. The minimum Gasteiger partial charge on any atom is -0.497 e. The molecular weight excluding hydrogens is 404 g/mol. The van der Waals surface area contributed by atoms with Gasteiger partial charge in [0.05, 0.1) is 25.1 Å². The summed E-state index contributed by atoms with van der Waals surface area (Å²) in [6.07, 6.45) is 1.65. The molecule has 0 aliphatic carbocycles. The maximum absolute atomic E-state index is 12.9. The van der Waals surface area contributed by atoms with E-state index in [0.29, 0.717) is 23.6 Å². The van der Waals surface area contributed by atoms with Gasteiger partial charge in [0.25, 0.3) is 0 Å². The largest absolute Gasteiger partial charge is 0.497 e. The third-order valence-corrected chi connectivity index (χ3v) is 6.21. The molecule has 3 rings (SSSR count). The van der Waals surface area contributed by atoms with Gasteiger partial charge < -0.3 is 14.8 Å². The van der Waals surface area contributed by atoms with Crippen LogP contribution < -0.4 is 19.1 Å². The number of rotatable bonds is 6. The first-order chi connectivity index (χ1) is 14.0. The molecule has 2 aromatic carbocycles. The van der Waals surface area contributed by atoms with E-state index in [0.717, 1.165) is 21.7 Å². The van der Waals surface area contributed by atoms with E-state index < -0.39 is 15.6 Å². The summed E-state index contributed by atoms with van der Waals surface area (Å²) >= 11 is 0. The summed E-state index contributed by atoms with van der Waals surface area (Å²) in [5, 5.41) is 2.99. The van der Waals surface area contributed by atoms with E-state index in [-0.39, 0.29) is 18.5 Å². The molecule has 8 heteroatoms. The Labute approximate surface area is 178 Å². The van der Waals surface area contributed by atoms with Gasteiger partial charge in [-0.3, -0.25) is 9.10 Å². The number of para-hydroxylation sites is 1. The van der Waals surface area contributed by atoms with Gasteiger partial charge in [0.15, 0.2) is 0 Å². The van der Waals surface area contributed by atoms with E-state index in [9.17, 15) is 13.2 Å². The molecular formula is C22H28N2O5S. The topological polar surface area (TPSA) is 84.9 Å². The number of amides is 1. The lowest BCUT2D eigenvalue weighted by molar-refractivity contribution is -0.120. The molecule has 0 radical (unpaired) electrons. The summed E-state index contributed by atoms with van der Waals surface area (Å²) in [5.41, 5.74) is 1.60. The summed E-state index contributed by atoms with van der Waals surface area (Å²) in [7, 11) is -2.06. The summed E-state index contributed by atoms with van der Waals surface area (Å²) < 4.78 is 37.3. The second-order valence-corrected chi connectivity index (χ2v) is 10.1. The van der Waals surface area contributed by atoms with Crippen LogP contribution in [0.5, 0.6) is 11.5 Å². The van der Waals surface area contributed by atoms with Gasteiger partial charge in [-0.15, -0.1) is 0 Å². The highest BCUT2D eigenvalue weighted by Gasteiger charge is 2.35. The average Bonchev–Trinajstić information content (AvgIpc) is 2.65. The van der Waals surface area contributed by atoms with Gasteiger partial charge in [-0.05, 0) is 50.6 Å². The van der Waals surface area contributed by atoms with Crippen molar-refractivity contribution in [3.8, 4) is 11.5 Å². The average molecular weight is 433 g/mol. The molecule has 0 aromatic heterocycles. The van der Waals surface area contributed by atoms with E-state index >= 15 is 0 Å². The van der Waals surface area contributed by atoms with Gasteiger partial charge in [-0.2, -0.15) is 0 Å². The van der Waals surface area contributed by atoms with Gasteiger partial charge in [-0.1, -0.05) is 18.2 Å². The quantitative estimate of drug-likeness (QED) is 0.758. The molecule has 162 valence electrons. The number of anilines is 1. The second kappa shape index (κ2) is 8.18. The molecule has 0 saturated carbocycles. The predicted octanol–water partition coefficient (Wildman–Crippen LogP) is 3.19. The Morgan fingerprint density at radius 2 is 1.97 bits per heavy atom. The van der Waals surface area contributed by atoms with Crippen LogP contribution in [0, 0.1) is 6.92 Å². The van der Waals surface area contributed by atoms with Gasteiger partial charge >= 0.3 is 0 Å². The number of hydrogen-bond acceptors (Lipinski definition) is 5. The van der Waals surface area contributed by atoms with E-state index in [1.54, 1.807) is 19.2 Å². The molecule has 0 bridgehead atoms. The first kappa shape index (κ1) is 22.0. The van der Waals surface area contributed by atoms with Crippen LogP contribution in [0.25, 0.3) is 0 Å². The van der Waals surface area contributed by atoms with E-state index in [2.05, 4.69) is 5.32 Å². The number of hydrogen-bond donors (Lipinski definition) is 1. The van der Waals surface area contributed by atoms with Gasteiger partial charge in [0.1, 0.15) is 23.6 Å². The monoisotopic (exact) mass is 432 g/mol. The van der Waals surface area contributed by atoms with Crippen molar-refractivity contribution in [3.63, 3.8) is 0 Å². The number of fused-ring (bicyclic) bond motifs is 1. The SMILES string of the molecule is COc1ccc2c(c1)[C@@H](NC(=O)CN(c1ccccc1C)S(C)(=O)=O)CC(C)(C)O2. The molecule has 1 amide bonds. The van der Waals surface area contributed by atoms with Crippen molar-refractivity contribution in [2.75, 3.05) is 24.2 Å². The second-order valence-electron chi connectivity index (χ2n) is 8.15. The number of ether oxygens (including phenoxy) is 2. The van der Waals surface area contributed by atoms with Crippen molar-refractivity contribution < 1.29 is 22.7 Å². The van der Waals surface area contributed by atoms with Crippen LogP contribution in [0.15, 0.2) is 42.5 Å². The standard InChI is InChI=1S/C22H28N2O5S/c1-15-8-6-7-9-19(15)24(30(5,26)27)14-21(25)23-18-13-22(2,3)29-20-11-10-16(28-4)12-17(18)20/h6-12,18H,13-14H2,1-5H3,(H,23,25)/t18-/m0/s1. The predicted molar refractivity (Wildman–Crippen MR) is 117 cm³/mol. The molecule has 1 atom stereocenters. The zero-order valence-corrected chi connectivity index (χ0v) is 18.7.